The van der Waals surface area contributed by atoms with Crippen molar-refractivity contribution in [3.63, 3.8) is 0 Å². The average molecular weight is 650 g/mol. The van der Waals surface area contributed by atoms with Gasteiger partial charge in [0.25, 0.3) is 0 Å². The van der Waals surface area contributed by atoms with Crippen molar-refractivity contribution in [3.05, 3.63) is 58.7 Å². The average Bonchev–Trinajstić information content (AvgIpc) is 3.86. The predicted molar refractivity (Wildman–Crippen MR) is 177 cm³/mol. The number of nitrogens with zero attached hydrogens (tertiary/aromatic N) is 3. The second-order valence-electron chi connectivity index (χ2n) is 13.7. The zero-order chi connectivity index (χ0) is 33.6. The molecule has 0 saturated carbocycles. The van der Waals surface area contributed by atoms with Crippen LogP contribution in [0.4, 0.5) is 0 Å². The second-order valence-corrected chi connectivity index (χ2v) is 18.5. The number of hydrogen-bond acceptors (Lipinski definition) is 10. The summed E-state index contributed by atoms with van der Waals surface area (Å²) in [6, 6.07) is 11.3. The molecule has 248 valence electrons. The van der Waals surface area contributed by atoms with E-state index in [0.29, 0.717) is 30.8 Å². The van der Waals surface area contributed by atoms with E-state index < -0.39 is 26.2 Å². The van der Waals surface area contributed by atoms with Gasteiger partial charge in [0, 0.05) is 19.4 Å². The van der Waals surface area contributed by atoms with Crippen LogP contribution in [-0.2, 0) is 31.7 Å². The molecule has 0 saturated heterocycles. The summed E-state index contributed by atoms with van der Waals surface area (Å²) < 4.78 is 29.4. The van der Waals surface area contributed by atoms with E-state index in [1.165, 1.54) is 0 Å². The lowest BCUT2D eigenvalue weighted by molar-refractivity contribution is -0.151. The number of fused-ring (bicyclic) bond motifs is 1. The van der Waals surface area contributed by atoms with Crippen LogP contribution in [0.5, 0.6) is 11.5 Å². The molecule has 2 aromatic rings. The fourth-order valence-electron chi connectivity index (χ4n) is 5.11. The van der Waals surface area contributed by atoms with Crippen LogP contribution in [-0.4, -0.2) is 57.8 Å². The van der Waals surface area contributed by atoms with Crippen LogP contribution in [0.2, 0.25) is 18.1 Å². The number of rotatable bonds is 15. The summed E-state index contributed by atoms with van der Waals surface area (Å²) >= 11 is 0. The van der Waals surface area contributed by atoms with Crippen molar-refractivity contribution < 1.29 is 33.0 Å². The highest BCUT2D eigenvalue weighted by atomic mass is 28.4. The Morgan fingerprint density at radius 2 is 1.85 bits per heavy atom. The monoisotopic (exact) mass is 649 g/mol. The van der Waals surface area contributed by atoms with Gasteiger partial charge in [0.2, 0.25) is 0 Å². The molecule has 0 radical (unpaired) electrons. The van der Waals surface area contributed by atoms with Crippen LogP contribution in [0.15, 0.2) is 46.8 Å². The van der Waals surface area contributed by atoms with Crippen molar-refractivity contribution >= 4 is 20.3 Å². The summed E-state index contributed by atoms with van der Waals surface area (Å²) in [6.07, 6.45) is 6.52. The Labute approximate surface area is 273 Å². The zero-order valence-corrected chi connectivity index (χ0v) is 29.3. The Balaban J connectivity index is 1.36. The smallest absolute Gasteiger partial charge is 0.342 e. The number of terminal acetylenes is 1. The van der Waals surface area contributed by atoms with Crippen molar-refractivity contribution in [3.8, 4) is 23.8 Å². The summed E-state index contributed by atoms with van der Waals surface area (Å²) in [5.41, 5.74) is 3.17. The molecule has 10 nitrogen and oxygen atoms in total. The highest BCUT2D eigenvalue weighted by molar-refractivity contribution is 6.74. The van der Waals surface area contributed by atoms with Crippen molar-refractivity contribution in [2.75, 3.05) is 20.3 Å². The predicted octanol–water partition coefficient (Wildman–Crippen LogP) is 6.86. The van der Waals surface area contributed by atoms with E-state index in [1.807, 2.05) is 50.2 Å². The number of aryl methyl sites for hydroxylation is 1. The minimum atomic E-state index is -2.07. The molecule has 2 aliphatic rings. The van der Waals surface area contributed by atoms with Crippen molar-refractivity contribution in [1.82, 2.24) is 5.12 Å². The first-order chi connectivity index (χ1) is 21.7. The Morgan fingerprint density at radius 1 is 1.15 bits per heavy atom. The van der Waals surface area contributed by atoms with Gasteiger partial charge in [0.05, 0.1) is 13.0 Å². The van der Waals surface area contributed by atoms with E-state index in [1.54, 1.807) is 12.2 Å². The number of esters is 2. The fraction of sp³-hybridized carbons (Fsp3) is 0.543. The highest BCUT2D eigenvalue weighted by Crippen LogP contribution is 2.38. The number of carbonyl (C=O) groups excluding carboxylic acids is 2. The third-order valence-corrected chi connectivity index (χ3v) is 13.7. The maximum atomic E-state index is 13.4. The van der Waals surface area contributed by atoms with Gasteiger partial charge >= 0.3 is 11.9 Å². The lowest BCUT2D eigenvalue weighted by Crippen LogP contribution is -2.43. The Bertz CT molecular complexity index is 1460. The SMILES string of the molecule is C#CCC(CO[Si](C)(C)C(C)(C)C)C(=O)OCC(C[C@H](C)[C@@H]1Cc2ccc(C)c(OCc3ccc(OC)cc3)c2C(=O)O1)N1N=N1. The first-order valence-electron chi connectivity index (χ1n) is 15.8. The lowest BCUT2D eigenvalue weighted by atomic mass is 9.87. The molecule has 0 N–H and O–H groups in total. The van der Waals surface area contributed by atoms with Crippen LogP contribution < -0.4 is 9.47 Å². The molecule has 0 amide bonds. The van der Waals surface area contributed by atoms with Gasteiger partial charge in [-0.2, -0.15) is 0 Å². The fourth-order valence-corrected chi connectivity index (χ4v) is 6.16. The van der Waals surface area contributed by atoms with Crippen LogP contribution >= 0.6 is 0 Å². The molecule has 2 aliphatic heterocycles. The minimum absolute atomic E-state index is 0.00879. The zero-order valence-electron chi connectivity index (χ0n) is 28.3. The van der Waals surface area contributed by atoms with Gasteiger partial charge in [-0.25, -0.2) is 4.79 Å². The molecule has 4 rings (SSSR count). The van der Waals surface area contributed by atoms with Crippen molar-refractivity contribution in [2.45, 2.75) is 90.8 Å². The summed E-state index contributed by atoms with van der Waals surface area (Å²) in [4.78, 5) is 26.5. The molecular weight excluding hydrogens is 602 g/mol. The van der Waals surface area contributed by atoms with Gasteiger partial charge in [0.15, 0.2) is 8.32 Å². The normalized spacial score (nSPS) is 17.7. The van der Waals surface area contributed by atoms with Gasteiger partial charge in [-0.05, 0) is 76.7 Å². The van der Waals surface area contributed by atoms with Gasteiger partial charge in [-0.3, -0.25) is 4.79 Å². The van der Waals surface area contributed by atoms with Gasteiger partial charge in [-0.1, -0.05) is 52.0 Å². The van der Waals surface area contributed by atoms with Gasteiger partial charge in [-0.15, -0.1) is 17.5 Å². The summed E-state index contributed by atoms with van der Waals surface area (Å²) in [5.74, 6) is 2.46. The third kappa shape index (κ3) is 8.68. The molecule has 0 bridgehead atoms. The Hall–Kier alpha value is -3.88. The molecule has 2 aromatic carbocycles. The van der Waals surface area contributed by atoms with E-state index in [9.17, 15) is 9.59 Å². The van der Waals surface area contributed by atoms with E-state index in [2.05, 4.69) is 50.2 Å². The molecule has 0 aromatic heterocycles. The number of carbonyl (C=O) groups is 2. The van der Waals surface area contributed by atoms with Crippen LogP contribution in [0, 0.1) is 31.1 Å². The molecule has 0 aliphatic carbocycles. The second kappa shape index (κ2) is 14.7. The Kier molecular flexibility index (Phi) is 11.2. The third-order valence-electron chi connectivity index (χ3n) is 9.23. The maximum absolute atomic E-state index is 13.4. The van der Waals surface area contributed by atoms with Crippen LogP contribution in [0.25, 0.3) is 0 Å². The van der Waals surface area contributed by atoms with Crippen LogP contribution in [0.3, 0.4) is 0 Å². The molecule has 4 atom stereocenters. The van der Waals surface area contributed by atoms with Crippen molar-refractivity contribution in [2.24, 2.45) is 22.3 Å². The van der Waals surface area contributed by atoms with Crippen LogP contribution in [0.1, 0.15) is 67.6 Å². The van der Waals surface area contributed by atoms with Crippen molar-refractivity contribution in [1.29, 1.82) is 0 Å². The summed E-state index contributed by atoms with van der Waals surface area (Å²) in [5, 5.41) is 9.48. The summed E-state index contributed by atoms with van der Waals surface area (Å²) in [6.45, 7) is 15.3. The standard InChI is InChI=1S/C35H47N3O7Si/c1-10-11-27(21-44-46(8,9)35(4,5)6)33(39)43-22-28(38-36-37-38)18-24(3)30-19-26-15-12-23(2)32(31(26)34(40)45-30)42-20-25-13-16-29(41-7)17-14-25/h1,12-17,24,27-28,30H,11,18-22H2,2-9H3/t24-,27?,28?,30-/m0/s1. The largest absolute Gasteiger partial charge is 0.497 e. The topological polar surface area (TPSA) is 108 Å². The van der Waals surface area contributed by atoms with E-state index >= 15 is 0 Å². The Morgan fingerprint density at radius 3 is 2.46 bits per heavy atom. The molecule has 2 unspecified atom stereocenters. The first-order valence-corrected chi connectivity index (χ1v) is 18.7. The molecule has 11 heteroatoms. The number of methoxy groups -OCH3 is 1. The summed E-state index contributed by atoms with van der Waals surface area (Å²) in [7, 11) is -0.442. The quantitative estimate of drug-likeness (QED) is 0.117. The molecule has 0 fully saturated rings. The first kappa shape index (κ1) is 35.0. The molecule has 0 spiro atoms. The number of benzene rings is 2. The van der Waals surface area contributed by atoms with E-state index in [4.69, 9.17) is 29.8 Å². The number of hydrogen-bond donors (Lipinski definition) is 0. The lowest BCUT2D eigenvalue weighted by Gasteiger charge is -2.37. The van der Waals surface area contributed by atoms with E-state index in [-0.39, 0.29) is 42.7 Å². The maximum Gasteiger partial charge on any atom is 0.342 e. The minimum Gasteiger partial charge on any atom is -0.497 e. The van der Waals surface area contributed by atoms with Gasteiger partial charge in [0.1, 0.15) is 42.4 Å². The molecular formula is C35H47N3O7Si. The number of ether oxygens (including phenoxy) is 4. The number of cyclic esters (lactones) is 1. The molecule has 46 heavy (non-hydrogen) atoms. The van der Waals surface area contributed by atoms with Gasteiger partial charge < -0.3 is 23.4 Å². The molecule has 2 heterocycles. The van der Waals surface area contributed by atoms with E-state index in [0.717, 1.165) is 22.4 Å². The highest BCUT2D eigenvalue weighted by Gasteiger charge is 2.39.